The number of nitrogens with one attached hydrogen (secondary N) is 1. The lowest BCUT2D eigenvalue weighted by molar-refractivity contribution is -0.145. The molecule has 0 aliphatic heterocycles. The predicted octanol–water partition coefficient (Wildman–Crippen LogP) is 1.36. The Kier molecular flexibility index (Phi) is 4.79. The van der Waals surface area contributed by atoms with Crippen LogP contribution in [0.4, 0.5) is 4.79 Å². The molecule has 1 rings (SSSR count). The Labute approximate surface area is 113 Å². The first-order valence-corrected chi connectivity index (χ1v) is 6.44. The van der Waals surface area contributed by atoms with Crippen LogP contribution in [0.1, 0.15) is 46.5 Å². The van der Waals surface area contributed by atoms with E-state index < -0.39 is 29.3 Å². The summed E-state index contributed by atoms with van der Waals surface area (Å²) in [5.41, 5.74) is -1.36. The standard InChI is InChI=1S/C13H23NO5/c1-12(2,3)19-11(17)14-13(6-5-7-13)9(15)8-10(16)18-4/h9,15H,5-8H2,1-4H3,(H,14,17). The van der Waals surface area contributed by atoms with E-state index in [0.717, 1.165) is 6.42 Å². The number of carbonyl (C=O) groups is 2. The fraction of sp³-hybridized carbons (Fsp3) is 0.846. The van der Waals surface area contributed by atoms with Crippen LogP contribution in [0.3, 0.4) is 0 Å². The molecule has 1 fully saturated rings. The Bertz CT molecular complexity index is 343. The van der Waals surface area contributed by atoms with Gasteiger partial charge in [0.1, 0.15) is 5.60 Å². The Balaban J connectivity index is 2.60. The summed E-state index contributed by atoms with van der Waals surface area (Å²) in [4.78, 5) is 23.0. The maximum Gasteiger partial charge on any atom is 0.408 e. The topological polar surface area (TPSA) is 84.9 Å². The number of hydrogen-bond acceptors (Lipinski definition) is 5. The molecule has 110 valence electrons. The summed E-state index contributed by atoms with van der Waals surface area (Å²) in [5, 5.41) is 12.8. The Morgan fingerprint density at radius 1 is 1.37 bits per heavy atom. The largest absolute Gasteiger partial charge is 0.469 e. The quantitative estimate of drug-likeness (QED) is 0.755. The van der Waals surface area contributed by atoms with Crippen molar-refractivity contribution in [2.45, 2.75) is 63.7 Å². The van der Waals surface area contributed by atoms with Gasteiger partial charge in [-0.15, -0.1) is 0 Å². The smallest absolute Gasteiger partial charge is 0.408 e. The summed E-state index contributed by atoms with van der Waals surface area (Å²) in [5.74, 6) is -0.496. The molecule has 6 nitrogen and oxygen atoms in total. The molecule has 0 aromatic rings. The average Bonchev–Trinajstić information content (AvgIpc) is 2.20. The Hall–Kier alpha value is -1.30. The zero-order chi connectivity index (χ0) is 14.7. The lowest BCUT2D eigenvalue weighted by Crippen LogP contribution is -2.62. The molecule has 1 amide bonds. The first-order chi connectivity index (χ1) is 8.68. The van der Waals surface area contributed by atoms with Crippen LogP contribution in [-0.4, -0.2) is 41.5 Å². The molecule has 2 N–H and O–H groups in total. The molecule has 0 aromatic carbocycles. The monoisotopic (exact) mass is 273 g/mol. The minimum Gasteiger partial charge on any atom is -0.469 e. The van der Waals surface area contributed by atoms with Crippen molar-refractivity contribution >= 4 is 12.1 Å². The van der Waals surface area contributed by atoms with E-state index in [2.05, 4.69) is 10.1 Å². The fourth-order valence-corrected chi connectivity index (χ4v) is 2.04. The highest BCUT2D eigenvalue weighted by atomic mass is 16.6. The van der Waals surface area contributed by atoms with E-state index in [4.69, 9.17) is 4.74 Å². The van der Waals surface area contributed by atoms with Gasteiger partial charge in [-0.05, 0) is 40.0 Å². The predicted molar refractivity (Wildman–Crippen MR) is 68.6 cm³/mol. The van der Waals surface area contributed by atoms with Crippen LogP contribution >= 0.6 is 0 Å². The van der Waals surface area contributed by atoms with Crippen LogP contribution in [0.15, 0.2) is 0 Å². The van der Waals surface area contributed by atoms with Crippen LogP contribution in [-0.2, 0) is 14.3 Å². The second-order valence-corrected chi connectivity index (χ2v) is 5.93. The molecule has 0 aromatic heterocycles. The molecule has 1 saturated carbocycles. The zero-order valence-corrected chi connectivity index (χ0v) is 12.0. The summed E-state index contributed by atoms with van der Waals surface area (Å²) in [6.07, 6.45) is 0.493. The van der Waals surface area contributed by atoms with Crippen LogP contribution < -0.4 is 5.32 Å². The third-order valence-corrected chi connectivity index (χ3v) is 3.22. The SMILES string of the molecule is COC(=O)CC(O)C1(NC(=O)OC(C)(C)C)CCC1. The van der Waals surface area contributed by atoms with Gasteiger partial charge in [-0.1, -0.05) is 0 Å². The molecular weight excluding hydrogens is 250 g/mol. The number of aliphatic hydroxyl groups excluding tert-OH is 1. The maximum atomic E-state index is 11.8. The molecule has 0 radical (unpaired) electrons. The van der Waals surface area contributed by atoms with Crippen LogP contribution in [0, 0.1) is 0 Å². The van der Waals surface area contributed by atoms with Gasteiger partial charge < -0.3 is 19.9 Å². The van der Waals surface area contributed by atoms with Crippen molar-refractivity contribution < 1.29 is 24.2 Å². The van der Waals surface area contributed by atoms with Gasteiger partial charge in [0, 0.05) is 0 Å². The molecule has 19 heavy (non-hydrogen) atoms. The number of methoxy groups -OCH3 is 1. The van der Waals surface area contributed by atoms with E-state index >= 15 is 0 Å². The van der Waals surface area contributed by atoms with Crippen molar-refractivity contribution in [3.05, 3.63) is 0 Å². The minimum absolute atomic E-state index is 0.133. The van der Waals surface area contributed by atoms with Crippen molar-refractivity contribution in [1.82, 2.24) is 5.32 Å². The van der Waals surface area contributed by atoms with E-state index in [1.165, 1.54) is 7.11 Å². The number of alkyl carbamates (subject to hydrolysis) is 1. The van der Waals surface area contributed by atoms with E-state index in [1.54, 1.807) is 20.8 Å². The van der Waals surface area contributed by atoms with Gasteiger partial charge in [-0.25, -0.2) is 4.79 Å². The van der Waals surface area contributed by atoms with E-state index in [-0.39, 0.29) is 6.42 Å². The second kappa shape index (κ2) is 5.77. The molecule has 1 atom stereocenters. The number of carbonyl (C=O) groups excluding carboxylic acids is 2. The third kappa shape index (κ3) is 4.38. The van der Waals surface area contributed by atoms with Crippen molar-refractivity contribution in [2.75, 3.05) is 7.11 Å². The lowest BCUT2D eigenvalue weighted by Gasteiger charge is -2.45. The van der Waals surface area contributed by atoms with Crippen LogP contribution in [0.2, 0.25) is 0 Å². The van der Waals surface area contributed by atoms with E-state index in [9.17, 15) is 14.7 Å². The van der Waals surface area contributed by atoms with Crippen LogP contribution in [0.25, 0.3) is 0 Å². The molecule has 6 heteroatoms. The van der Waals surface area contributed by atoms with Gasteiger partial charge in [0.05, 0.1) is 25.2 Å². The highest BCUT2D eigenvalue weighted by Crippen LogP contribution is 2.36. The summed E-state index contributed by atoms with van der Waals surface area (Å²) in [7, 11) is 1.27. The summed E-state index contributed by atoms with van der Waals surface area (Å²) in [6, 6.07) is 0. The van der Waals surface area contributed by atoms with Gasteiger partial charge in [0.25, 0.3) is 0 Å². The van der Waals surface area contributed by atoms with Gasteiger partial charge >= 0.3 is 12.1 Å². The van der Waals surface area contributed by atoms with Crippen molar-refractivity contribution in [1.29, 1.82) is 0 Å². The van der Waals surface area contributed by atoms with Gasteiger partial charge in [-0.3, -0.25) is 4.79 Å². The zero-order valence-electron chi connectivity index (χ0n) is 12.0. The number of aliphatic hydroxyl groups is 1. The van der Waals surface area contributed by atoms with E-state index in [0.29, 0.717) is 12.8 Å². The average molecular weight is 273 g/mol. The summed E-state index contributed by atoms with van der Waals surface area (Å²) < 4.78 is 9.70. The van der Waals surface area contributed by atoms with Gasteiger partial charge in [0.2, 0.25) is 0 Å². The molecule has 0 heterocycles. The number of esters is 1. The summed E-state index contributed by atoms with van der Waals surface area (Å²) in [6.45, 7) is 5.31. The molecule has 1 aliphatic rings. The van der Waals surface area contributed by atoms with Crippen molar-refractivity contribution in [3.8, 4) is 0 Å². The first-order valence-electron chi connectivity index (χ1n) is 6.44. The highest BCUT2D eigenvalue weighted by molar-refractivity contribution is 5.71. The van der Waals surface area contributed by atoms with Gasteiger partial charge in [-0.2, -0.15) is 0 Å². The lowest BCUT2D eigenvalue weighted by atomic mass is 9.72. The van der Waals surface area contributed by atoms with Crippen LogP contribution in [0.5, 0.6) is 0 Å². The number of hydrogen-bond donors (Lipinski definition) is 2. The molecule has 0 bridgehead atoms. The number of rotatable bonds is 4. The summed E-state index contributed by atoms with van der Waals surface area (Å²) >= 11 is 0. The number of ether oxygens (including phenoxy) is 2. The first kappa shape index (κ1) is 15.8. The maximum absolute atomic E-state index is 11.8. The third-order valence-electron chi connectivity index (χ3n) is 3.22. The second-order valence-electron chi connectivity index (χ2n) is 5.93. The fourth-order valence-electron chi connectivity index (χ4n) is 2.04. The van der Waals surface area contributed by atoms with Crippen molar-refractivity contribution in [3.63, 3.8) is 0 Å². The van der Waals surface area contributed by atoms with E-state index in [1.807, 2.05) is 0 Å². The molecule has 1 aliphatic carbocycles. The van der Waals surface area contributed by atoms with Crippen molar-refractivity contribution in [2.24, 2.45) is 0 Å². The molecule has 0 saturated heterocycles. The molecular formula is C13H23NO5. The highest BCUT2D eigenvalue weighted by Gasteiger charge is 2.46. The normalized spacial score (nSPS) is 19.0. The number of amides is 1. The van der Waals surface area contributed by atoms with Gasteiger partial charge in [0.15, 0.2) is 0 Å². The Morgan fingerprint density at radius 2 is 1.95 bits per heavy atom. The molecule has 1 unspecified atom stereocenters. The minimum atomic E-state index is -0.957. The molecule has 0 spiro atoms. The Morgan fingerprint density at radius 3 is 2.32 bits per heavy atom.